The van der Waals surface area contributed by atoms with E-state index in [4.69, 9.17) is 9.47 Å². The van der Waals surface area contributed by atoms with Gasteiger partial charge >= 0.3 is 11.9 Å². The average Bonchev–Trinajstić information content (AvgIpc) is 2.65. The maximum atomic E-state index is 12.6. The van der Waals surface area contributed by atoms with E-state index in [0.29, 0.717) is 26.1 Å². The highest BCUT2D eigenvalue weighted by Crippen LogP contribution is 2.30. The summed E-state index contributed by atoms with van der Waals surface area (Å²) in [5.74, 6) is -0.821. The molecule has 4 heteroatoms. The lowest BCUT2D eigenvalue weighted by Gasteiger charge is -2.27. The van der Waals surface area contributed by atoms with E-state index < -0.39 is 17.4 Å². The zero-order valence-electron chi connectivity index (χ0n) is 17.7. The fraction of sp³-hybridized carbons (Fsp3) is 0.909. The molecule has 0 radical (unpaired) electrons. The number of esters is 2. The van der Waals surface area contributed by atoms with Gasteiger partial charge in [0.05, 0.1) is 13.2 Å². The minimum atomic E-state index is -1.13. The van der Waals surface area contributed by atoms with E-state index in [-0.39, 0.29) is 0 Å². The Labute approximate surface area is 161 Å². The molecule has 154 valence electrons. The van der Waals surface area contributed by atoms with Gasteiger partial charge in [0, 0.05) is 0 Å². The summed E-state index contributed by atoms with van der Waals surface area (Å²) in [5.41, 5.74) is -1.13. The summed E-state index contributed by atoms with van der Waals surface area (Å²) in [5, 5.41) is 0. The lowest BCUT2D eigenvalue weighted by Crippen LogP contribution is -2.41. The summed E-state index contributed by atoms with van der Waals surface area (Å²) < 4.78 is 10.9. The third-order valence-electron chi connectivity index (χ3n) is 5.20. The van der Waals surface area contributed by atoms with Crippen LogP contribution in [0.2, 0.25) is 0 Å². The van der Waals surface area contributed by atoms with E-state index in [2.05, 4.69) is 13.8 Å². The topological polar surface area (TPSA) is 52.6 Å². The maximum Gasteiger partial charge on any atom is 0.323 e. The van der Waals surface area contributed by atoms with E-state index in [0.717, 1.165) is 25.7 Å². The molecule has 0 heterocycles. The monoisotopic (exact) mass is 370 g/mol. The van der Waals surface area contributed by atoms with Gasteiger partial charge in [0.2, 0.25) is 0 Å². The van der Waals surface area contributed by atoms with Gasteiger partial charge in [-0.3, -0.25) is 9.59 Å². The fourth-order valence-electron chi connectivity index (χ4n) is 3.10. The number of hydrogen-bond acceptors (Lipinski definition) is 4. The highest BCUT2D eigenvalue weighted by molar-refractivity contribution is 5.99. The van der Waals surface area contributed by atoms with Gasteiger partial charge in [-0.15, -0.1) is 0 Å². The van der Waals surface area contributed by atoms with Crippen molar-refractivity contribution in [1.82, 2.24) is 0 Å². The first kappa shape index (κ1) is 24.9. The first-order valence-corrected chi connectivity index (χ1v) is 10.9. The van der Waals surface area contributed by atoms with Crippen molar-refractivity contribution in [3.05, 3.63) is 0 Å². The van der Waals surface area contributed by atoms with Gasteiger partial charge in [-0.25, -0.2) is 0 Å². The Morgan fingerprint density at radius 2 is 0.923 bits per heavy atom. The number of ether oxygens (including phenoxy) is 2. The second-order valence-electron chi connectivity index (χ2n) is 7.24. The summed E-state index contributed by atoms with van der Waals surface area (Å²) in [6.07, 6.45) is 13.2. The molecule has 0 aromatic heterocycles. The van der Waals surface area contributed by atoms with Crippen LogP contribution in [0, 0.1) is 5.41 Å². The highest BCUT2D eigenvalue weighted by atomic mass is 16.6. The van der Waals surface area contributed by atoms with Crippen molar-refractivity contribution < 1.29 is 19.1 Å². The van der Waals surface area contributed by atoms with Crippen LogP contribution in [0.3, 0.4) is 0 Å². The number of rotatable bonds is 17. The molecule has 0 aliphatic carbocycles. The van der Waals surface area contributed by atoms with Crippen LogP contribution in [0.15, 0.2) is 0 Å². The summed E-state index contributed by atoms with van der Waals surface area (Å²) >= 11 is 0. The van der Waals surface area contributed by atoms with Gasteiger partial charge < -0.3 is 9.47 Å². The number of carbonyl (C=O) groups excluding carboxylic acids is 2. The lowest BCUT2D eigenvalue weighted by atomic mass is 9.82. The zero-order chi connectivity index (χ0) is 19.7. The van der Waals surface area contributed by atoms with E-state index in [1.807, 2.05) is 13.8 Å². The first-order chi connectivity index (χ1) is 12.6. The second-order valence-corrected chi connectivity index (χ2v) is 7.24. The molecule has 0 aromatic rings. The van der Waals surface area contributed by atoms with Gasteiger partial charge in [0.1, 0.15) is 0 Å². The molecular weight excluding hydrogens is 328 g/mol. The Bertz CT molecular complexity index is 361. The Balaban J connectivity index is 4.25. The molecule has 0 aliphatic rings. The highest BCUT2D eigenvalue weighted by Gasteiger charge is 2.45. The number of unbranched alkanes of at least 4 members (excludes halogenated alkanes) is 9. The van der Waals surface area contributed by atoms with Crippen LogP contribution in [0.25, 0.3) is 0 Å². The van der Waals surface area contributed by atoms with Crippen LogP contribution >= 0.6 is 0 Å². The quantitative estimate of drug-likeness (QED) is 0.173. The van der Waals surface area contributed by atoms with Crippen molar-refractivity contribution in [3.63, 3.8) is 0 Å². The van der Waals surface area contributed by atoms with Crippen LogP contribution < -0.4 is 0 Å². The van der Waals surface area contributed by atoms with E-state index in [1.54, 1.807) is 0 Å². The molecule has 0 saturated heterocycles. The summed E-state index contributed by atoms with van der Waals surface area (Å²) in [4.78, 5) is 25.1. The van der Waals surface area contributed by atoms with E-state index in [9.17, 15) is 9.59 Å². The predicted octanol–water partition coefficient (Wildman–Crippen LogP) is 6.21. The zero-order valence-corrected chi connectivity index (χ0v) is 17.7. The molecule has 0 rings (SSSR count). The predicted molar refractivity (Wildman–Crippen MR) is 107 cm³/mol. The molecule has 0 atom stereocenters. The molecule has 4 nitrogen and oxygen atoms in total. The lowest BCUT2D eigenvalue weighted by molar-refractivity contribution is -0.173. The van der Waals surface area contributed by atoms with Crippen molar-refractivity contribution in [1.29, 1.82) is 0 Å². The molecule has 0 aliphatic heterocycles. The van der Waals surface area contributed by atoms with Crippen molar-refractivity contribution >= 4 is 11.9 Å². The molecule has 26 heavy (non-hydrogen) atoms. The van der Waals surface area contributed by atoms with E-state index in [1.165, 1.54) is 44.9 Å². The Morgan fingerprint density at radius 1 is 0.577 bits per heavy atom. The molecule has 0 unspecified atom stereocenters. The van der Waals surface area contributed by atoms with Crippen molar-refractivity contribution in [2.24, 2.45) is 5.41 Å². The van der Waals surface area contributed by atoms with Crippen LogP contribution in [-0.2, 0) is 19.1 Å². The first-order valence-electron chi connectivity index (χ1n) is 10.9. The molecule has 0 N–H and O–H groups in total. The summed E-state index contributed by atoms with van der Waals surface area (Å²) in [6, 6.07) is 0. The molecule has 0 saturated carbocycles. The standard InChI is InChI=1S/C22H42O4/c1-5-9-11-13-15-17-19-26-21(24)22(7-3,8-4)20(23)25-18-16-14-12-10-6-2/h5-19H2,1-4H3. The fourth-order valence-corrected chi connectivity index (χ4v) is 3.10. The van der Waals surface area contributed by atoms with Crippen LogP contribution in [0.1, 0.15) is 111 Å². The van der Waals surface area contributed by atoms with Crippen LogP contribution in [0.5, 0.6) is 0 Å². The molecule has 0 aromatic carbocycles. The SMILES string of the molecule is CCCCCCCCOC(=O)C(CC)(CC)C(=O)OCCCCCCC. The van der Waals surface area contributed by atoms with Crippen LogP contribution in [-0.4, -0.2) is 25.2 Å². The minimum absolute atomic E-state index is 0.398. The molecule has 0 bridgehead atoms. The van der Waals surface area contributed by atoms with Crippen molar-refractivity contribution in [3.8, 4) is 0 Å². The number of hydrogen-bond donors (Lipinski definition) is 0. The number of carbonyl (C=O) groups is 2. The van der Waals surface area contributed by atoms with Gasteiger partial charge in [0.25, 0.3) is 0 Å². The van der Waals surface area contributed by atoms with Gasteiger partial charge in [-0.05, 0) is 25.7 Å². The maximum absolute atomic E-state index is 12.6. The van der Waals surface area contributed by atoms with E-state index >= 15 is 0 Å². The smallest absolute Gasteiger partial charge is 0.323 e. The van der Waals surface area contributed by atoms with Gasteiger partial charge in [0.15, 0.2) is 5.41 Å². The summed E-state index contributed by atoms with van der Waals surface area (Å²) in [7, 11) is 0. The third-order valence-corrected chi connectivity index (χ3v) is 5.20. The largest absolute Gasteiger partial charge is 0.465 e. The summed E-state index contributed by atoms with van der Waals surface area (Å²) in [6.45, 7) is 8.89. The van der Waals surface area contributed by atoms with Crippen molar-refractivity contribution in [2.75, 3.05) is 13.2 Å². The van der Waals surface area contributed by atoms with Crippen LogP contribution in [0.4, 0.5) is 0 Å². The molecule has 0 amide bonds. The minimum Gasteiger partial charge on any atom is -0.465 e. The Hall–Kier alpha value is -1.06. The molecule has 0 fully saturated rings. The normalized spacial score (nSPS) is 11.4. The average molecular weight is 371 g/mol. The third kappa shape index (κ3) is 9.59. The second kappa shape index (κ2) is 16.1. The van der Waals surface area contributed by atoms with Gasteiger partial charge in [-0.1, -0.05) is 85.5 Å². The van der Waals surface area contributed by atoms with Crippen molar-refractivity contribution in [2.45, 2.75) is 111 Å². The molecule has 0 spiro atoms. The Kier molecular flexibility index (Phi) is 15.5. The Morgan fingerprint density at radius 3 is 1.27 bits per heavy atom. The van der Waals surface area contributed by atoms with Gasteiger partial charge in [-0.2, -0.15) is 0 Å². The molecular formula is C22H42O4.